The maximum absolute atomic E-state index is 10.3. The first-order chi connectivity index (χ1) is 4.80. The quantitative estimate of drug-likeness (QED) is 0.428. The van der Waals surface area contributed by atoms with Crippen LogP contribution in [0.4, 0.5) is 0 Å². The van der Waals surface area contributed by atoms with Gasteiger partial charge in [-0.3, -0.25) is 10.1 Å². The Morgan fingerprint density at radius 3 is 2.90 bits per heavy atom. The van der Waals surface area contributed by atoms with Crippen molar-refractivity contribution in [2.75, 3.05) is 13.1 Å². The van der Waals surface area contributed by atoms with E-state index in [2.05, 4.69) is 5.32 Å². The molecule has 1 aliphatic heterocycles. The molecule has 4 nitrogen and oxygen atoms in total. The van der Waals surface area contributed by atoms with Gasteiger partial charge in [0.25, 0.3) is 0 Å². The van der Waals surface area contributed by atoms with Crippen LogP contribution < -0.4 is 5.32 Å². The normalized spacial score (nSPS) is 27.4. The summed E-state index contributed by atoms with van der Waals surface area (Å²) in [5, 5.41) is 13.4. The van der Waals surface area contributed by atoms with Gasteiger partial charge in [0.05, 0.1) is 0 Å². The number of nitrogens with zero attached hydrogens (tertiary/aromatic N) is 1. The summed E-state index contributed by atoms with van der Waals surface area (Å²) < 4.78 is 0. The van der Waals surface area contributed by atoms with Gasteiger partial charge in [0.2, 0.25) is 6.04 Å². The first kappa shape index (κ1) is 7.47. The van der Waals surface area contributed by atoms with Gasteiger partial charge in [-0.2, -0.15) is 0 Å². The molecule has 4 heteroatoms. The molecule has 0 aliphatic carbocycles. The monoisotopic (exact) mass is 144 g/mol. The fourth-order valence-electron chi connectivity index (χ4n) is 1.21. The van der Waals surface area contributed by atoms with Crippen molar-refractivity contribution < 1.29 is 4.92 Å². The first-order valence-corrected chi connectivity index (χ1v) is 3.65. The van der Waals surface area contributed by atoms with Crippen molar-refractivity contribution in [3.05, 3.63) is 10.1 Å². The van der Waals surface area contributed by atoms with Crippen LogP contribution in [0.25, 0.3) is 0 Å². The Hall–Kier alpha value is -0.640. The van der Waals surface area contributed by atoms with E-state index in [1.54, 1.807) is 0 Å². The lowest BCUT2D eigenvalue weighted by atomic mass is 10.1. The predicted octanol–water partition coefficient (Wildman–Crippen LogP) is 0.405. The fourth-order valence-corrected chi connectivity index (χ4v) is 1.21. The molecule has 0 aromatic rings. The minimum absolute atomic E-state index is 0.160. The van der Waals surface area contributed by atoms with Crippen molar-refractivity contribution in [1.82, 2.24) is 5.32 Å². The van der Waals surface area contributed by atoms with Crippen LogP contribution >= 0.6 is 0 Å². The van der Waals surface area contributed by atoms with Crippen LogP contribution in [0.1, 0.15) is 19.3 Å². The van der Waals surface area contributed by atoms with Crippen molar-refractivity contribution in [2.45, 2.75) is 25.3 Å². The lowest BCUT2D eigenvalue weighted by Crippen LogP contribution is -2.21. The summed E-state index contributed by atoms with van der Waals surface area (Å²) in [4.78, 5) is 10.1. The molecule has 1 heterocycles. The molecular formula is C6H12N2O2. The summed E-state index contributed by atoms with van der Waals surface area (Å²) >= 11 is 0. The Bertz CT molecular complexity index is 119. The van der Waals surface area contributed by atoms with Crippen molar-refractivity contribution in [3.63, 3.8) is 0 Å². The van der Waals surface area contributed by atoms with E-state index in [4.69, 9.17) is 0 Å². The number of nitro groups is 1. The molecule has 1 atom stereocenters. The summed E-state index contributed by atoms with van der Waals surface area (Å²) in [6.45, 7) is 1.73. The first-order valence-electron chi connectivity index (χ1n) is 3.65. The summed E-state index contributed by atoms with van der Waals surface area (Å²) in [5.41, 5.74) is 0. The van der Waals surface area contributed by atoms with Gasteiger partial charge in [-0.05, 0) is 13.0 Å². The van der Waals surface area contributed by atoms with Crippen LogP contribution in [0.15, 0.2) is 0 Å². The summed E-state index contributed by atoms with van der Waals surface area (Å²) in [6, 6.07) is -0.296. The Morgan fingerprint density at radius 2 is 2.20 bits per heavy atom. The number of rotatable bonds is 1. The van der Waals surface area contributed by atoms with Crippen molar-refractivity contribution in [3.8, 4) is 0 Å². The molecule has 1 unspecified atom stereocenters. The van der Waals surface area contributed by atoms with Crippen LogP contribution in [-0.4, -0.2) is 24.1 Å². The highest BCUT2D eigenvalue weighted by Gasteiger charge is 2.20. The molecule has 58 valence electrons. The smallest absolute Gasteiger partial charge is 0.214 e. The maximum atomic E-state index is 10.3. The van der Waals surface area contributed by atoms with E-state index in [1.807, 2.05) is 0 Å². The summed E-state index contributed by atoms with van der Waals surface area (Å²) in [5.74, 6) is 0. The Labute approximate surface area is 59.8 Å². The van der Waals surface area contributed by atoms with Gasteiger partial charge >= 0.3 is 0 Å². The molecule has 1 N–H and O–H groups in total. The molecule has 0 saturated carbocycles. The van der Waals surface area contributed by atoms with Crippen LogP contribution in [0.2, 0.25) is 0 Å². The molecule has 0 amide bonds. The van der Waals surface area contributed by atoms with Crippen LogP contribution in [-0.2, 0) is 0 Å². The second-order valence-corrected chi connectivity index (χ2v) is 2.62. The highest BCUT2D eigenvalue weighted by Crippen LogP contribution is 2.07. The minimum Gasteiger partial charge on any atom is -0.316 e. The maximum Gasteiger partial charge on any atom is 0.214 e. The highest BCUT2D eigenvalue weighted by molar-refractivity contribution is 4.64. The number of nitrogens with one attached hydrogen (secondary N) is 1. The molecule has 1 rings (SSSR count). The largest absolute Gasteiger partial charge is 0.316 e. The van der Waals surface area contributed by atoms with Gasteiger partial charge in [-0.15, -0.1) is 0 Å². The second-order valence-electron chi connectivity index (χ2n) is 2.62. The van der Waals surface area contributed by atoms with Gasteiger partial charge in [-0.25, -0.2) is 0 Å². The minimum atomic E-state index is -0.296. The number of hydrogen-bond donors (Lipinski definition) is 1. The lowest BCUT2D eigenvalue weighted by molar-refractivity contribution is -0.523. The Kier molecular flexibility index (Phi) is 2.62. The van der Waals surface area contributed by atoms with E-state index in [1.165, 1.54) is 0 Å². The molecule has 10 heavy (non-hydrogen) atoms. The number of hydrogen-bond acceptors (Lipinski definition) is 3. The molecule has 0 aromatic heterocycles. The zero-order chi connectivity index (χ0) is 7.40. The fraction of sp³-hybridized carbons (Fsp3) is 1.00. The highest BCUT2D eigenvalue weighted by atomic mass is 16.6. The molecule has 0 aromatic carbocycles. The lowest BCUT2D eigenvalue weighted by Gasteiger charge is -2.02. The molecule has 0 spiro atoms. The van der Waals surface area contributed by atoms with Gasteiger partial charge in [0.1, 0.15) is 0 Å². The zero-order valence-corrected chi connectivity index (χ0v) is 5.88. The molecule has 1 aliphatic rings. The third kappa shape index (κ3) is 1.95. The van der Waals surface area contributed by atoms with Crippen molar-refractivity contribution in [1.29, 1.82) is 0 Å². The van der Waals surface area contributed by atoms with E-state index in [0.29, 0.717) is 6.42 Å². The molecule has 0 radical (unpaired) electrons. The van der Waals surface area contributed by atoms with E-state index in [9.17, 15) is 10.1 Å². The summed E-state index contributed by atoms with van der Waals surface area (Å²) in [6.07, 6.45) is 2.36. The molecular weight excluding hydrogens is 132 g/mol. The Balaban J connectivity index is 2.35. The zero-order valence-electron chi connectivity index (χ0n) is 5.88. The topological polar surface area (TPSA) is 55.2 Å². The van der Waals surface area contributed by atoms with Crippen molar-refractivity contribution >= 4 is 0 Å². The third-order valence-electron chi connectivity index (χ3n) is 1.84. The van der Waals surface area contributed by atoms with E-state index >= 15 is 0 Å². The molecule has 1 fully saturated rings. The van der Waals surface area contributed by atoms with E-state index < -0.39 is 0 Å². The van der Waals surface area contributed by atoms with Crippen molar-refractivity contribution in [2.24, 2.45) is 0 Å². The summed E-state index contributed by atoms with van der Waals surface area (Å²) in [7, 11) is 0. The van der Waals surface area contributed by atoms with Crippen LogP contribution in [0.5, 0.6) is 0 Å². The SMILES string of the molecule is O=[N+]([O-])C1CCCNCC1. The van der Waals surface area contributed by atoms with Crippen LogP contribution in [0, 0.1) is 10.1 Å². The van der Waals surface area contributed by atoms with Gasteiger partial charge in [0, 0.05) is 24.3 Å². The third-order valence-corrected chi connectivity index (χ3v) is 1.84. The average Bonchev–Trinajstić information content (AvgIpc) is 2.12. The Morgan fingerprint density at radius 1 is 1.40 bits per heavy atom. The second kappa shape index (κ2) is 3.51. The van der Waals surface area contributed by atoms with Gasteiger partial charge in [-0.1, -0.05) is 0 Å². The van der Waals surface area contributed by atoms with E-state index in [0.717, 1.165) is 25.9 Å². The van der Waals surface area contributed by atoms with Gasteiger partial charge < -0.3 is 5.32 Å². The predicted molar refractivity (Wildman–Crippen MR) is 37.5 cm³/mol. The van der Waals surface area contributed by atoms with Crippen LogP contribution in [0.3, 0.4) is 0 Å². The van der Waals surface area contributed by atoms with E-state index in [-0.39, 0.29) is 11.0 Å². The standard InChI is InChI=1S/C6H12N2O2/c9-8(10)6-2-1-4-7-5-3-6/h6-7H,1-5H2. The van der Waals surface area contributed by atoms with Gasteiger partial charge in [0.15, 0.2) is 0 Å². The average molecular weight is 144 g/mol. The molecule has 0 bridgehead atoms. The molecule has 1 saturated heterocycles.